The Hall–Kier alpha value is -0.830. The van der Waals surface area contributed by atoms with E-state index in [0.29, 0.717) is 0 Å². The lowest BCUT2D eigenvalue weighted by atomic mass is 10.1. The lowest BCUT2D eigenvalue weighted by Crippen LogP contribution is -2.29. The SMILES string of the molecule is Cc1oncc1CN1CCCCC1. The van der Waals surface area contributed by atoms with Crippen LogP contribution in [0.25, 0.3) is 0 Å². The second-order valence-electron chi connectivity index (χ2n) is 3.74. The Balaban J connectivity index is 1.93. The molecule has 2 heterocycles. The van der Waals surface area contributed by atoms with Gasteiger partial charge in [0.25, 0.3) is 0 Å². The first-order valence-electron chi connectivity index (χ1n) is 4.99. The molecule has 1 aliphatic rings. The Labute approximate surface area is 78.7 Å². The summed E-state index contributed by atoms with van der Waals surface area (Å²) < 4.78 is 5.03. The van der Waals surface area contributed by atoms with E-state index in [1.54, 1.807) is 0 Å². The minimum atomic E-state index is 0.963. The highest BCUT2D eigenvalue weighted by Crippen LogP contribution is 2.14. The number of likely N-dealkylation sites (tertiary alicyclic amines) is 1. The fraction of sp³-hybridized carbons (Fsp3) is 0.700. The molecule has 0 unspecified atom stereocenters. The van der Waals surface area contributed by atoms with Crippen molar-refractivity contribution in [3.63, 3.8) is 0 Å². The third-order valence-corrected chi connectivity index (χ3v) is 2.69. The first kappa shape index (κ1) is 8.75. The first-order valence-corrected chi connectivity index (χ1v) is 4.99. The number of rotatable bonds is 2. The van der Waals surface area contributed by atoms with Gasteiger partial charge in [0.1, 0.15) is 5.76 Å². The van der Waals surface area contributed by atoms with E-state index in [4.69, 9.17) is 4.52 Å². The molecule has 1 aliphatic heterocycles. The van der Waals surface area contributed by atoms with Gasteiger partial charge in [-0.2, -0.15) is 0 Å². The van der Waals surface area contributed by atoms with Crippen molar-refractivity contribution in [1.82, 2.24) is 10.1 Å². The van der Waals surface area contributed by atoms with Crippen molar-refractivity contribution in [3.8, 4) is 0 Å². The highest BCUT2D eigenvalue weighted by Gasteiger charge is 2.12. The second kappa shape index (κ2) is 3.92. The van der Waals surface area contributed by atoms with Gasteiger partial charge in [0.15, 0.2) is 0 Å². The highest BCUT2D eigenvalue weighted by molar-refractivity contribution is 5.11. The van der Waals surface area contributed by atoms with Gasteiger partial charge < -0.3 is 4.52 Å². The average Bonchev–Trinajstić information content (AvgIpc) is 2.54. The number of nitrogens with zero attached hydrogens (tertiary/aromatic N) is 2. The van der Waals surface area contributed by atoms with Crippen LogP contribution >= 0.6 is 0 Å². The lowest BCUT2D eigenvalue weighted by molar-refractivity contribution is 0.219. The Morgan fingerprint density at radius 3 is 2.77 bits per heavy atom. The highest BCUT2D eigenvalue weighted by atomic mass is 16.5. The van der Waals surface area contributed by atoms with E-state index in [9.17, 15) is 0 Å². The van der Waals surface area contributed by atoms with Gasteiger partial charge in [-0.25, -0.2) is 0 Å². The zero-order chi connectivity index (χ0) is 9.10. The van der Waals surface area contributed by atoms with Crippen LogP contribution in [-0.4, -0.2) is 23.1 Å². The molecule has 2 rings (SSSR count). The molecule has 3 heteroatoms. The fourth-order valence-electron chi connectivity index (χ4n) is 1.83. The molecular weight excluding hydrogens is 164 g/mol. The Kier molecular flexibility index (Phi) is 2.64. The van der Waals surface area contributed by atoms with Gasteiger partial charge in [0.2, 0.25) is 0 Å². The molecule has 0 radical (unpaired) electrons. The van der Waals surface area contributed by atoms with Crippen LogP contribution in [0.2, 0.25) is 0 Å². The zero-order valence-electron chi connectivity index (χ0n) is 8.12. The molecular formula is C10H16N2O. The number of aromatic nitrogens is 1. The van der Waals surface area contributed by atoms with E-state index in [0.717, 1.165) is 12.3 Å². The summed E-state index contributed by atoms with van der Waals surface area (Å²) in [5, 5.41) is 3.79. The molecule has 3 nitrogen and oxygen atoms in total. The van der Waals surface area contributed by atoms with Gasteiger partial charge in [0.05, 0.1) is 6.20 Å². The van der Waals surface area contributed by atoms with Crippen LogP contribution in [0.4, 0.5) is 0 Å². The summed E-state index contributed by atoms with van der Waals surface area (Å²) in [5.41, 5.74) is 1.24. The molecule has 0 N–H and O–H groups in total. The van der Waals surface area contributed by atoms with Crippen molar-refractivity contribution in [2.75, 3.05) is 13.1 Å². The van der Waals surface area contributed by atoms with Crippen LogP contribution in [0.1, 0.15) is 30.6 Å². The van der Waals surface area contributed by atoms with Gasteiger partial charge in [-0.1, -0.05) is 11.6 Å². The van der Waals surface area contributed by atoms with E-state index < -0.39 is 0 Å². The molecule has 72 valence electrons. The fourth-order valence-corrected chi connectivity index (χ4v) is 1.83. The number of aryl methyl sites for hydroxylation is 1. The number of hydrogen-bond donors (Lipinski definition) is 0. The topological polar surface area (TPSA) is 29.3 Å². The maximum atomic E-state index is 5.03. The van der Waals surface area contributed by atoms with Crippen molar-refractivity contribution in [2.45, 2.75) is 32.7 Å². The van der Waals surface area contributed by atoms with E-state index in [2.05, 4.69) is 10.1 Å². The van der Waals surface area contributed by atoms with Crippen molar-refractivity contribution in [1.29, 1.82) is 0 Å². The summed E-state index contributed by atoms with van der Waals surface area (Å²) in [6.45, 7) is 5.44. The predicted molar refractivity (Wildman–Crippen MR) is 50.4 cm³/mol. The second-order valence-corrected chi connectivity index (χ2v) is 3.74. The smallest absolute Gasteiger partial charge is 0.138 e. The zero-order valence-corrected chi connectivity index (χ0v) is 8.12. The van der Waals surface area contributed by atoms with E-state index >= 15 is 0 Å². The molecule has 0 amide bonds. The minimum absolute atomic E-state index is 0.963. The number of piperidine rings is 1. The van der Waals surface area contributed by atoms with Crippen molar-refractivity contribution in [2.24, 2.45) is 0 Å². The minimum Gasteiger partial charge on any atom is -0.361 e. The van der Waals surface area contributed by atoms with E-state index in [1.807, 2.05) is 13.1 Å². The van der Waals surface area contributed by atoms with Gasteiger partial charge in [-0.3, -0.25) is 4.90 Å². The monoisotopic (exact) mass is 180 g/mol. The third kappa shape index (κ3) is 2.10. The quantitative estimate of drug-likeness (QED) is 0.696. The maximum absolute atomic E-state index is 5.03. The lowest BCUT2D eigenvalue weighted by Gasteiger charge is -2.25. The van der Waals surface area contributed by atoms with Gasteiger partial charge >= 0.3 is 0 Å². The van der Waals surface area contributed by atoms with Crippen LogP contribution in [0.15, 0.2) is 10.7 Å². The third-order valence-electron chi connectivity index (χ3n) is 2.69. The molecule has 13 heavy (non-hydrogen) atoms. The summed E-state index contributed by atoms with van der Waals surface area (Å²) >= 11 is 0. The van der Waals surface area contributed by atoms with Gasteiger partial charge in [-0.15, -0.1) is 0 Å². The van der Waals surface area contributed by atoms with Gasteiger partial charge in [-0.05, 0) is 32.9 Å². The summed E-state index contributed by atoms with van der Waals surface area (Å²) in [6, 6.07) is 0. The molecule has 0 bridgehead atoms. The summed E-state index contributed by atoms with van der Waals surface area (Å²) in [4.78, 5) is 2.48. The van der Waals surface area contributed by atoms with Crippen LogP contribution in [0, 0.1) is 6.92 Å². The molecule has 1 saturated heterocycles. The standard InChI is InChI=1S/C10H16N2O/c1-9-10(7-11-13-9)8-12-5-3-2-4-6-12/h7H,2-6,8H2,1H3. The molecule has 1 fully saturated rings. The van der Waals surface area contributed by atoms with Crippen LogP contribution in [0.5, 0.6) is 0 Å². The van der Waals surface area contributed by atoms with Crippen molar-refractivity contribution in [3.05, 3.63) is 17.5 Å². The molecule has 0 saturated carbocycles. The average molecular weight is 180 g/mol. The van der Waals surface area contributed by atoms with E-state index in [1.165, 1.54) is 37.9 Å². The van der Waals surface area contributed by atoms with Crippen LogP contribution in [-0.2, 0) is 6.54 Å². The maximum Gasteiger partial charge on any atom is 0.138 e. The van der Waals surface area contributed by atoms with Crippen LogP contribution in [0.3, 0.4) is 0 Å². The predicted octanol–water partition coefficient (Wildman–Crippen LogP) is 1.97. The molecule has 1 aromatic rings. The van der Waals surface area contributed by atoms with Crippen molar-refractivity contribution < 1.29 is 4.52 Å². The Bertz CT molecular complexity index is 264. The molecule has 1 aromatic heterocycles. The summed E-state index contributed by atoms with van der Waals surface area (Å²) in [7, 11) is 0. The number of hydrogen-bond acceptors (Lipinski definition) is 3. The summed E-state index contributed by atoms with van der Waals surface area (Å²) in [5.74, 6) is 0.963. The molecule has 0 aromatic carbocycles. The summed E-state index contributed by atoms with van der Waals surface area (Å²) in [6.07, 6.45) is 5.90. The first-order chi connectivity index (χ1) is 6.36. The molecule has 0 atom stereocenters. The van der Waals surface area contributed by atoms with Crippen LogP contribution < -0.4 is 0 Å². The molecule has 0 aliphatic carbocycles. The van der Waals surface area contributed by atoms with E-state index in [-0.39, 0.29) is 0 Å². The van der Waals surface area contributed by atoms with Gasteiger partial charge in [0, 0.05) is 12.1 Å². The molecule has 0 spiro atoms. The van der Waals surface area contributed by atoms with Crippen molar-refractivity contribution >= 4 is 0 Å². The largest absolute Gasteiger partial charge is 0.361 e. The Morgan fingerprint density at radius 1 is 1.38 bits per heavy atom. The Morgan fingerprint density at radius 2 is 2.15 bits per heavy atom. The normalized spacial score (nSPS) is 19.2.